The van der Waals surface area contributed by atoms with Crippen molar-refractivity contribution in [3.8, 4) is 27.0 Å². The number of carboxylic acid groups (broad SMARTS) is 1. The Bertz CT molecular complexity index is 2150. The number of aliphatic carboxylic acids is 1. The van der Waals surface area contributed by atoms with Crippen molar-refractivity contribution in [3.63, 3.8) is 0 Å². The minimum atomic E-state index is -1.23. The summed E-state index contributed by atoms with van der Waals surface area (Å²) in [5.74, 6) is -1.29. The average Bonchev–Trinajstić information content (AvgIpc) is 3.89. The van der Waals surface area contributed by atoms with E-state index >= 15 is 0 Å². The molecule has 1 N–H and O–H groups in total. The van der Waals surface area contributed by atoms with Crippen LogP contribution < -0.4 is 4.90 Å². The fraction of sp³-hybridized carbons (Fsp3) is 0.261. The summed E-state index contributed by atoms with van der Waals surface area (Å²) in [5.41, 5.74) is 6.06. The molecule has 0 aliphatic rings. The highest BCUT2D eigenvalue weighted by molar-refractivity contribution is 7.16. The Labute approximate surface area is 332 Å². The number of ether oxygens (including phenoxy) is 1. The summed E-state index contributed by atoms with van der Waals surface area (Å²) in [6.07, 6.45) is 17.2. The Kier molecular flexibility index (Phi) is 15.6. The van der Waals surface area contributed by atoms with E-state index in [2.05, 4.69) is 89.5 Å². The Hall–Kier alpha value is -5.74. The fourth-order valence-electron chi connectivity index (χ4n) is 6.35. The maximum Gasteiger partial charge on any atom is 0.333 e. The highest BCUT2D eigenvalue weighted by Crippen LogP contribution is 2.39. The van der Waals surface area contributed by atoms with Crippen LogP contribution >= 0.6 is 22.7 Å². The number of rotatable bonds is 21. The first-order valence-corrected chi connectivity index (χ1v) is 20.4. The quantitative estimate of drug-likeness (QED) is 0.0199. The van der Waals surface area contributed by atoms with E-state index in [-0.39, 0.29) is 17.9 Å². The van der Waals surface area contributed by atoms with E-state index in [4.69, 9.17) is 11.3 Å². The van der Waals surface area contributed by atoms with Crippen LogP contribution in [-0.2, 0) is 20.7 Å². The van der Waals surface area contributed by atoms with Gasteiger partial charge in [-0.1, -0.05) is 101 Å². The average molecular weight is 768 g/mol. The van der Waals surface area contributed by atoms with E-state index in [1.165, 1.54) is 98.5 Å². The van der Waals surface area contributed by atoms with Gasteiger partial charge < -0.3 is 14.7 Å². The van der Waals surface area contributed by atoms with Gasteiger partial charge in [0.15, 0.2) is 0 Å². The lowest BCUT2D eigenvalue weighted by atomic mass is 10.0. The standard InChI is InChI=1S/C46H45N3O4S2/c1-3-4-5-6-7-8-9-10-11-12-13-34-14-20-37(21-15-34)49(38-22-16-35(17-23-38)44-28-26-41(54-44)30-40(32-47)53-33-50)39-24-18-36(19-25-39)45-29-27-42(55-45)31-43(48-2)46(51)52/h14-31,33H,3-13H2,1H3,(H,51,52)/b40-30-,43-31+. The number of unbranched alkanes of at least 4 members (excludes halogenated alkanes) is 9. The number of hydrogen-bond donors (Lipinski definition) is 1. The van der Waals surface area contributed by atoms with Crippen LogP contribution in [0.2, 0.25) is 0 Å². The fourth-order valence-corrected chi connectivity index (χ4v) is 8.24. The van der Waals surface area contributed by atoms with E-state index in [1.54, 1.807) is 6.08 Å². The second-order valence-corrected chi connectivity index (χ2v) is 15.4. The second kappa shape index (κ2) is 21.2. The van der Waals surface area contributed by atoms with Crippen LogP contribution in [0.5, 0.6) is 0 Å². The largest absolute Gasteiger partial charge is 0.486 e. The summed E-state index contributed by atoms with van der Waals surface area (Å²) in [6, 6.07) is 35.1. The molecule has 0 spiro atoms. The number of carbonyl (C=O) groups excluding carboxylic acids is 1. The molecule has 0 saturated heterocycles. The van der Waals surface area contributed by atoms with Gasteiger partial charge in [-0.25, -0.2) is 4.85 Å². The Morgan fingerprint density at radius 3 is 1.65 bits per heavy atom. The normalized spacial score (nSPS) is 11.5. The number of aryl methyl sites for hydroxylation is 1. The molecule has 0 fully saturated rings. The van der Waals surface area contributed by atoms with Crippen molar-refractivity contribution in [1.82, 2.24) is 0 Å². The zero-order chi connectivity index (χ0) is 38.8. The van der Waals surface area contributed by atoms with Crippen molar-refractivity contribution < 1.29 is 19.4 Å². The van der Waals surface area contributed by atoms with Gasteiger partial charge >= 0.3 is 5.97 Å². The van der Waals surface area contributed by atoms with Gasteiger partial charge in [-0.2, -0.15) is 5.26 Å². The van der Waals surface area contributed by atoms with Gasteiger partial charge in [-0.3, -0.25) is 9.59 Å². The number of allylic oxidation sites excluding steroid dienone is 1. The molecule has 0 atom stereocenters. The van der Waals surface area contributed by atoms with Crippen molar-refractivity contribution >= 4 is 64.3 Å². The van der Waals surface area contributed by atoms with Crippen molar-refractivity contribution in [3.05, 3.63) is 135 Å². The van der Waals surface area contributed by atoms with Crippen molar-refractivity contribution in [1.29, 1.82) is 5.26 Å². The van der Waals surface area contributed by atoms with Gasteiger partial charge in [-0.05, 0) is 96.3 Å². The predicted octanol–water partition coefficient (Wildman–Crippen LogP) is 13.5. The monoisotopic (exact) mass is 767 g/mol. The second-order valence-electron chi connectivity index (χ2n) is 13.2. The van der Waals surface area contributed by atoms with Crippen LogP contribution in [0.4, 0.5) is 17.1 Å². The summed E-state index contributed by atoms with van der Waals surface area (Å²) in [5, 5.41) is 18.5. The minimum Gasteiger partial charge on any atom is -0.486 e. The number of carbonyl (C=O) groups is 2. The van der Waals surface area contributed by atoms with E-state index in [0.717, 1.165) is 49.2 Å². The first-order valence-electron chi connectivity index (χ1n) is 18.8. The van der Waals surface area contributed by atoms with Crippen molar-refractivity contribution in [2.45, 2.75) is 77.6 Å². The molecule has 0 unspecified atom stereocenters. The SMILES string of the molecule is [C-]#[N+]/C(=C/c1ccc(-c2ccc(N(c3ccc(CCCCCCCCCCCC)cc3)c3ccc(-c4ccc(/C=C(/C#N)OC=O)s4)cc3)cc2)s1)C(=O)O. The number of nitriles is 1. The number of anilines is 3. The first kappa shape index (κ1) is 40.4. The maximum atomic E-state index is 11.3. The third kappa shape index (κ3) is 11.9. The third-order valence-corrected chi connectivity index (χ3v) is 11.4. The molecule has 2 heterocycles. The van der Waals surface area contributed by atoms with Gasteiger partial charge in [0.1, 0.15) is 6.07 Å². The van der Waals surface area contributed by atoms with Gasteiger partial charge in [-0.15, -0.1) is 22.7 Å². The van der Waals surface area contributed by atoms with Crippen LogP contribution in [0.3, 0.4) is 0 Å². The molecule has 280 valence electrons. The Morgan fingerprint density at radius 1 is 0.727 bits per heavy atom. The molecule has 0 amide bonds. The molecule has 0 radical (unpaired) electrons. The summed E-state index contributed by atoms with van der Waals surface area (Å²) in [7, 11) is 0. The lowest BCUT2D eigenvalue weighted by Crippen LogP contribution is -2.10. The molecular weight excluding hydrogens is 723 g/mol. The van der Waals surface area contributed by atoms with E-state index in [9.17, 15) is 20.0 Å². The van der Waals surface area contributed by atoms with Crippen molar-refractivity contribution in [2.75, 3.05) is 4.90 Å². The molecular formula is C46H45N3O4S2. The molecule has 0 aliphatic carbocycles. The minimum absolute atomic E-state index is 0.0568. The third-order valence-electron chi connectivity index (χ3n) is 9.26. The summed E-state index contributed by atoms with van der Waals surface area (Å²) >= 11 is 2.94. The van der Waals surface area contributed by atoms with Crippen LogP contribution in [-0.4, -0.2) is 17.5 Å². The molecule has 7 nitrogen and oxygen atoms in total. The highest BCUT2D eigenvalue weighted by Gasteiger charge is 2.15. The zero-order valence-electron chi connectivity index (χ0n) is 31.1. The number of carboxylic acids is 1. The molecule has 0 bridgehead atoms. The van der Waals surface area contributed by atoms with Gasteiger partial charge in [0.05, 0.1) is 6.57 Å². The number of hydrogen-bond acceptors (Lipinski definition) is 7. The van der Waals surface area contributed by atoms with Crippen LogP contribution in [0.1, 0.15) is 86.4 Å². The molecule has 3 aromatic carbocycles. The maximum absolute atomic E-state index is 11.3. The van der Waals surface area contributed by atoms with E-state index in [1.807, 2.05) is 30.3 Å². The topological polar surface area (TPSA) is 95.0 Å². The molecule has 9 heteroatoms. The van der Waals surface area contributed by atoms with Gasteiger partial charge in [0.25, 0.3) is 12.2 Å². The Balaban J connectivity index is 1.33. The van der Waals surface area contributed by atoms with Gasteiger partial charge in [0.2, 0.25) is 5.76 Å². The first-order chi connectivity index (χ1) is 26.9. The zero-order valence-corrected chi connectivity index (χ0v) is 32.7. The molecule has 0 aliphatic heterocycles. The smallest absolute Gasteiger partial charge is 0.333 e. The highest BCUT2D eigenvalue weighted by atomic mass is 32.1. The summed E-state index contributed by atoms with van der Waals surface area (Å²) < 4.78 is 4.74. The van der Waals surface area contributed by atoms with E-state index < -0.39 is 5.97 Å². The van der Waals surface area contributed by atoms with Crippen LogP contribution in [0, 0.1) is 17.9 Å². The summed E-state index contributed by atoms with van der Waals surface area (Å²) in [4.78, 5) is 30.9. The molecule has 2 aromatic heterocycles. The molecule has 5 aromatic rings. The van der Waals surface area contributed by atoms with Crippen LogP contribution in [0.25, 0.3) is 37.9 Å². The number of benzene rings is 3. The lowest BCUT2D eigenvalue weighted by molar-refractivity contribution is -0.132. The van der Waals surface area contributed by atoms with Gasteiger partial charge in [0, 0.05) is 42.6 Å². The lowest BCUT2D eigenvalue weighted by Gasteiger charge is -2.26. The van der Waals surface area contributed by atoms with Crippen LogP contribution in [0.15, 0.2) is 109 Å². The molecule has 0 saturated carbocycles. The van der Waals surface area contributed by atoms with Crippen molar-refractivity contribution in [2.24, 2.45) is 0 Å². The van der Waals surface area contributed by atoms with E-state index in [0.29, 0.717) is 4.88 Å². The summed E-state index contributed by atoms with van der Waals surface area (Å²) in [6.45, 7) is 9.67. The number of thiophene rings is 2. The molecule has 55 heavy (non-hydrogen) atoms. The predicted molar refractivity (Wildman–Crippen MR) is 226 cm³/mol. The molecule has 5 rings (SSSR count). The number of nitrogens with zero attached hydrogens (tertiary/aromatic N) is 3. The Morgan fingerprint density at radius 2 is 1.20 bits per heavy atom.